The largest absolute Gasteiger partial charge is 0.495 e. The molecule has 1 aliphatic carbocycles. The molecule has 152 valence electrons. The van der Waals surface area contributed by atoms with E-state index in [-0.39, 0.29) is 11.8 Å². The van der Waals surface area contributed by atoms with Gasteiger partial charge < -0.3 is 15.0 Å². The Morgan fingerprint density at radius 3 is 2.89 bits per heavy atom. The SMILES string of the molecule is COc1ccc(Cl)cc1NC(=O)CC[C@H]1CCCN(C(=O)C2=CCCCC2)C1. The summed E-state index contributed by atoms with van der Waals surface area (Å²) < 4.78 is 5.27. The summed E-state index contributed by atoms with van der Waals surface area (Å²) in [4.78, 5) is 27.1. The Balaban J connectivity index is 1.50. The van der Waals surface area contributed by atoms with E-state index in [9.17, 15) is 9.59 Å². The highest BCUT2D eigenvalue weighted by molar-refractivity contribution is 6.31. The van der Waals surface area contributed by atoms with E-state index in [0.717, 1.165) is 57.2 Å². The third kappa shape index (κ3) is 5.51. The Bertz CT molecular complexity index is 747. The highest BCUT2D eigenvalue weighted by Crippen LogP contribution is 2.29. The Morgan fingerprint density at radius 1 is 1.29 bits per heavy atom. The zero-order valence-corrected chi connectivity index (χ0v) is 17.3. The molecule has 0 aromatic heterocycles. The number of halogens is 1. The van der Waals surface area contributed by atoms with Gasteiger partial charge in [-0.25, -0.2) is 0 Å². The normalized spacial score (nSPS) is 19.7. The molecule has 1 N–H and O–H groups in total. The molecule has 1 atom stereocenters. The number of methoxy groups -OCH3 is 1. The molecule has 1 saturated heterocycles. The van der Waals surface area contributed by atoms with Crippen LogP contribution in [0.5, 0.6) is 5.75 Å². The van der Waals surface area contributed by atoms with E-state index >= 15 is 0 Å². The van der Waals surface area contributed by atoms with Gasteiger partial charge in [-0.2, -0.15) is 0 Å². The molecular formula is C22H29ClN2O3. The van der Waals surface area contributed by atoms with E-state index in [1.54, 1.807) is 25.3 Å². The zero-order chi connectivity index (χ0) is 19.9. The first-order chi connectivity index (χ1) is 13.6. The number of ether oxygens (including phenoxy) is 1. The monoisotopic (exact) mass is 404 g/mol. The van der Waals surface area contributed by atoms with E-state index in [1.807, 2.05) is 4.90 Å². The average Bonchev–Trinajstić information content (AvgIpc) is 2.73. The second-order valence-corrected chi connectivity index (χ2v) is 8.10. The summed E-state index contributed by atoms with van der Waals surface area (Å²) in [5, 5.41) is 3.44. The van der Waals surface area contributed by atoms with Crippen molar-refractivity contribution in [2.45, 2.75) is 51.4 Å². The maximum Gasteiger partial charge on any atom is 0.249 e. The van der Waals surface area contributed by atoms with Gasteiger partial charge in [0.1, 0.15) is 5.75 Å². The lowest BCUT2D eigenvalue weighted by Crippen LogP contribution is -2.41. The van der Waals surface area contributed by atoms with Crippen molar-refractivity contribution in [1.82, 2.24) is 4.90 Å². The molecule has 1 aromatic rings. The Hall–Kier alpha value is -2.01. The first-order valence-corrected chi connectivity index (χ1v) is 10.6. The maximum absolute atomic E-state index is 12.7. The number of hydrogen-bond acceptors (Lipinski definition) is 3. The van der Waals surface area contributed by atoms with Crippen molar-refractivity contribution in [3.8, 4) is 5.75 Å². The van der Waals surface area contributed by atoms with Gasteiger partial charge in [-0.3, -0.25) is 9.59 Å². The fraction of sp³-hybridized carbons (Fsp3) is 0.545. The van der Waals surface area contributed by atoms with Gasteiger partial charge in [0.05, 0.1) is 12.8 Å². The van der Waals surface area contributed by atoms with Crippen LogP contribution in [-0.2, 0) is 9.59 Å². The van der Waals surface area contributed by atoms with Crippen molar-refractivity contribution in [3.63, 3.8) is 0 Å². The number of piperidine rings is 1. The first kappa shape index (κ1) is 20.7. The van der Waals surface area contributed by atoms with Crippen molar-refractivity contribution < 1.29 is 14.3 Å². The Kier molecular flexibility index (Phi) is 7.37. The van der Waals surface area contributed by atoms with Crippen molar-refractivity contribution in [3.05, 3.63) is 34.9 Å². The van der Waals surface area contributed by atoms with Crippen LogP contribution in [-0.4, -0.2) is 36.9 Å². The van der Waals surface area contributed by atoms with Crippen LogP contribution in [0.4, 0.5) is 5.69 Å². The van der Waals surface area contributed by atoms with Crippen LogP contribution in [0, 0.1) is 5.92 Å². The molecule has 6 heteroatoms. The van der Waals surface area contributed by atoms with Crippen LogP contribution >= 0.6 is 11.6 Å². The van der Waals surface area contributed by atoms with Crippen molar-refractivity contribution in [2.24, 2.45) is 5.92 Å². The maximum atomic E-state index is 12.7. The van der Waals surface area contributed by atoms with Gasteiger partial charge in [0.25, 0.3) is 0 Å². The number of allylic oxidation sites excluding steroid dienone is 1. The lowest BCUT2D eigenvalue weighted by molar-refractivity contribution is -0.129. The standard InChI is InChI=1S/C22H29ClN2O3/c1-28-20-11-10-18(23)14-19(20)24-21(26)12-9-16-6-5-13-25(15-16)22(27)17-7-3-2-4-8-17/h7,10-11,14,16H,2-6,8-9,12-13,15H2,1H3,(H,24,26)/t16-/m1/s1. The molecule has 0 spiro atoms. The average molecular weight is 405 g/mol. The molecule has 2 aliphatic rings. The Labute approximate surface area is 172 Å². The van der Waals surface area contributed by atoms with Gasteiger partial charge in [-0.05, 0) is 69.1 Å². The quantitative estimate of drug-likeness (QED) is 0.740. The Morgan fingerprint density at radius 2 is 2.14 bits per heavy atom. The molecule has 28 heavy (non-hydrogen) atoms. The number of carbonyl (C=O) groups excluding carboxylic acids is 2. The second kappa shape index (κ2) is 9.97. The van der Waals surface area contributed by atoms with Crippen molar-refractivity contribution in [1.29, 1.82) is 0 Å². The third-order valence-electron chi connectivity index (χ3n) is 5.59. The highest BCUT2D eigenvalue weighted by Gasteiger charge is 2.26. The zero-order valence-electron chi connectivity index (χ0n) is 16.5. The van der Waals surface area contributed by atoms with E-state index in [0.29, 0.717) is 28.8 Å². The van der Waals surface area contributed by atoms with Gasteiger partial charge in [0.2, 0.25) is 11.8 Å². The van der Waals surface area contributed by atoms with Crippen LogP contribution in [0.25, 0.3) is 0 Å². The molecule has 1 aliphatic heterocycles. The van der Waals surface area contributed by atoms with E-state index in [1.165, 1.54) is 6.42 Å². The van der Waals surface area contributed by atoms with Crippen molar-refractivity contribution >= 4 is 29.1 Å². The van der Waals surface area contributed by atoms with Crippen LogP contribution in [0.15, 0.2) is 29.8 Å². The second-order valence-electron chi connectivity index (χ2n) is 7.67. The minimum atomic E-state index is -0.0565. The van der Waals surface area contributed by atoms with E-state index in [4.69, 9.17) is 16.3 Å². The smallest absolute Gasteiger partial charge is 0.249 e. The summed E-state index contributed by atoms with van der Waals surface area (Å²) in [5.41, 5.74) is 1.57. The lowest BCUT2D eigenvalue weighted by Gasteiger charge is -2.34. The summed E-state index contributed by atoms with van der Waals surface area (Å²) >= 11 is 6.02. The highest BCUT2D eigenvalue weighted by atomic mass is 35.5. The van der Waals surface area contributed by atoms with Crippen LogP contribution in [0.3, 0.4) is 0 Å². The van der Waals surface area contributed by atoms with Gasteiger partial charge >= 0.3 is 0 Å². The topological polar surface area (TPSA) is 58.6 Å². The number of hydrogen-bond donors (Lipinski definition) is 1. The minimum absolute atomic E-state index is 0.0565. The molecule has 0 unspecified atom stereocenters. The summed E-state index contributed by atoms with van der Waals surface area (Å²) in [5.74, 6) is 1.11. The van der Waals surface area contributed by atoms with Crippen LogP contribution < -0.4 is 10.1 Å². The van der Waals surface area contributed by atoms with Gasteiger partial charge in [-0.15, -0.1) is 0 Å². The molecule has 5 nitrogen and oxygen atoms in total. The number of rotatable bonds is 6. The third-order valence-corrected chi connectivity index (χ3v) is 5.82. The number of carbonyl (C=O) groups is 2. The number of nitrogens with zero attached hydrogens (tertiary/aromatic N) is 1. The first-order valence-electron chi connectivity index (χ1n) is 10.2. The molecule has 1 fully saturated rings. The summed E-state index contributed by atoms with van der Waals surface area (Å²) in [6, 6.07) is 5.16. The molecule has 2 amide bonds. The van der Waals surface area contributed by atoms with Gasteiger partial charge in [-0.1, -0.05) is 17.7 Å². The predicted octanol–water partition coefficient (Wildman–Crippen LogP) is 4.81. The molecular weight excluding hydrogens is 376 g/mol. The molecule has 3 rings (SSSR count). The van der Waals surface area contributed by atoms with E-state index in [2.05, 4.69) is 11.4 Å². The number of likely N-dealkylation sites (tertiary alicyclic amines) is 1. The van der Waals surface area contributed by atoms with Crippen molar-refractivity contribution in [2.75, 3.05) is 25.5 Å². The van der Waals surface area contributed by atoms with Crippen LogP contribution in [0.2, 0.25) is 5.02 Å². The molecule has 1 aromatic carbocycles. The fourth-order valence-electron chi connectivity index (χ4n) is 4.05. The number of nitrogens with one attached hydrogen (secondary N) is 1. The summed E-state index contributed by atoms with van der Waals surface area (Å²) in [6.45, 7) is 1.59. The van der Waals surface area contributed by atoms with E-state index < -0.39 is 0 Å². The fourth-order valence-corrected chi connectivity index (χ4v) is 4.22. The lowest BCUT2D eigenvalue weighted by atomic mass is 9.91. The number of benzene rings is 1. The molecule has 1 heterocycles. The van der Waals surface area contributed by atoms with Gasteiger partial charge in [0.15, 0.2) is 0 Å². The summed E-state index contributed by atoms with van der Waals surface area (Å²) in [6.07, 6.45) is 9.61. The predicted molar refractivity (Wildman–Crippen MR) is 112 cm³/mol. The van der Waals surface area contributed by atoms with Gasteiger partial charge in [0, 0.05) is 30.1 Å². The molecule has 0 radical (unpaired) electrons. The summed E-state index contributed by atoms with van der Waals surface area (Å²) in [7, 11) is 1.56. The number of anilines is 1. The van der Waals surface area contributed by atoms with Crippen LogP contribution in [0.1, 0.15) is 51.4 Å². The molecule has 0 saturated carbocycles. The molecule has 0 bridgehead atoms. The minimum Gasteiger partial charge on any atom is -0.495 e. The number of amides is 2.